The molecule has 0 radical (unpaired) electrons. The molecule has 2 rings (SSSR count). The fourth-order valence-corrected chi connectivity index (χ4v) is 2.79. The van der Waals surface area contributed by atoms with E-state index in [1.807, 2.05) is 24.3 Å². The zero-order valence-electron chi connectivity index (χ0n) is 15.1. The van der Waals surface area contributed by atoms with E-state index in [9.17, 15) is 9.59 Å². The van der Waals surface area contributed by atoms with E-state index in [2.05, 4.69) is 12.2 Å². The third kappa shape index (κ3) is 5.74. The predicted molar refractivity (Wildman–Crippen MR) is 96.8 cm³/mol. The fraction of sp³-hybridized carbons (Fsp3) is 0.579. The molecule has 1 heterocycles. The van der Waals surface area contributed by atoms with Crippen LogP contribution in [0.15, 0.2) is 24.3 Å². The Morgan fingerprint density at radius 2 is 2.12 bits per heavy atom. The lowest BCUT2D eigenvalue weighted by atomic mass is 10.1. The van der Waals surface area contributed by atoms with Crippen molar-refractivity contribution in [2.24, 2.45) is 5.92 Å². The molecule has 6 nitrogen and oxygen atoms in total. The summed E-state index contributed by atoms with van der Waals surface area (Å²) < 4.78 is 10.7. The second-order valence-corrected chi connectivity index (χ2v) is 6.22. The minimum absolute atomic E-state index is 0.0312. The first kappa shape index (κ1) is 19.2. The number of carbonyl (C=O) groups is 2. The van der Waals surface area contributed by atoms with Gasteiger partial charge in [0.2, 0.25) is 11.8 Å². The van der Waals surface area contributed by atoms with E-state index in [0.717, 1.165) is 31.6 Å². The lowest BCUT2D eigenvalue weighted by Crippen LogP contribution is -2.33. The Kier molecular flexibility index (Phi) is 7.73. The van der Waals surface area contributed by atoms with Crippen LogP contribution in [0.3, 0.4) is 0 Å². The molecule has 0 bridgehead atoms. The van der Waals surface area contributed by atoms with E-state index < -0.39 is 0 Å². The largest absolute Gasteiger partial charge is 0.497 e. The molecule has 1 aromatic carbocycles. The average molecular weight is 348 g/mol. The van der Waals surface area contributed by atoms with Gasteiger partial charge >= 0.3 is 0 Å². The summed E-state index contributed by atoms with van der Waals surface area (Å²) in [6.07, 6.45) is 3.22. The van der Waals surface area contributed by atoms with Crippen LogP contribution in [0, 0.1) is 5.92 Å². The molecule has 0 aromatic heterocycles. The topological polar surface area (TPSA) is 67.9 Å². The maximum Gasteiger partial charge on any atom is 0.227 e. The van der Waals surface area contributed by atoms with Gasteiger partial charge in [-0.05, 0) is 25.0 Å². The Balaban J connectivity index is 1.76. The fourth-order valence-electron chi connectivity index (χ4n) is 2.79. The number of unbranched alkanes of at least 4 members (excludes halogenated alkanes) is 1. The van der Waals surface area contributed by atoms with Gasteiger partial charge in [-0.1, -0.05) is 19.4 Å². The molecule has 0 spiro atoms. The number of anilines is 1. The Labute approximate surface area is 149 Å². The van der Waals surface area contributed by atoms with Crippen molar-refractivity contribution in [1.82, 2.24) is 5.32 Å². The van der Waals surface area contributed by atoms with Gasteiger partial charge in [0.15, 0.2) is 0 Å². The van der Waals surface area contributed by atoms with Crippen LogP contribution in [-0.4, -0.2) is 45.2 Å². The van der Waals surface area contributed by atoms with Crippen molar-refractivity contribution in [3.8, 4) is 5.75 Å². The number of nitrogens with zero attached hydrogens (tertiary/aromatic N) is 1. The molecule has 6 heteroatoms. The Bertz CT molecular complexity index is 576. The number of nitrogens with one attached hydrogen (secondary N) is 1. The molecule has 1 aliphatic rings. The van der Waals surface area contributed by atoms with E-state index in [4.69, 9.17) is 9.47 Å². The number of methoxy groups -OCH3 is 1. The Morgan fingerprint density at radius 3 is 2.88 bits per heavy atom. The molecule has 1 aromatic rings. The molecule has 0 saturated carbocycles. The smallest absolute Gasteiger partial charge is 0.227 e. The van der Waals surface area contributed by atoms with Gasteiger partial charge in [0, 0.05) is 44.5 Å². The molecule has 1 unspecified atom stereocenters. The standard InChI is InChI=1S/C19H28N2O4/c1-3-4-10-25-11-6-9-20-19(23)15-12-18(22)21(14-15)16-7-5-8-17(13-16)24-2/h5,7-8,13,15H,3-4,6,9-12,14H2,1-2H3,(H,20,23). The van der Waals surface area contributed by atoms with Gasteiger partial charge < -0.3 is 19.7 Å². The summed E-state index contributed by atoms with van der Waals surface area (Å²) in [5, 5.41) is 2.91. The molecule has 1 fully saturated rings. The van der Waals surface area contributed by atoms with Crippen LogP contribution in [-0.2, 0) is 14.3 Å². The van der Waals surface area contributed by atoms with Crippen molar-refractivity contribution >= 4 is 17.5 Å². The molecule has 1 atom stereocenters. The van der Waals surface area contributed by atoms with E-state index >= 15 is 0 Å². The Hall–Kier alpha value is -2.08. The average Bonchev–Trinajstić information content (AvgIpc) is 3.02. The molecule has 1 N–H and O–H groups in total. The van der Waals surface area contributed by atoms with Gasteiger partial charge in [0.05, 0.1) is 13.0 Å². The van der Waals surface area contributed by atoms with Crippen LogP contribution in [0.4, 0.5) is 5.69 Å². The molecule has 1 saturated heterocycles. The van der Waals surface area contributed by atoms with Crippen LogP contribution in [0.5, 0.6) is 5.75 Å². The van der Waals surface area contributed by atoms with Crippen molar-refractivity contribution in [2.75, 3.05) is 38.3 Å². The number of benzene rings is 1. The summed E-state index contributed by atoms with van der Waals surface area (Å²) in [6, 6.07) is 7.34. The van der Waals surface area contributed by atoms with E-state index in [-0.39, 0.29) is 24.2 Å². The van der Waals surface area contributed by atoms with E-state index in [1.165, 1.54) is 0 Å². The summed E-state index contributed by atoms with van der Waals surface area (Å²) in [4.78, 5) is 26.2. The highest BCUT2D eigenvalue weighted by atomic mass is 16.5. The maximum atomic E-state index is 12.3. The van der Waals surface area contributed by atoms with Gasteiger partial charge in [-0.3, -0.25) is 9.59 Å². The van der Waals surface area contributed by atoms with Gasteiger partial charge in [0.25, 0.3) is 0 Å². The van der Waals surface area contributed by atoms with Crippen LogP contribution < -0.4 is 15.0 Å². The van der Waals surface area contributed by atoms with Gasteiger partial charge in [-0.25, -0.2) is 0 Å². The quantitative estimate of drug-likeness (QED) is 0.659. The normalized spacial score (nSPS) is 17.0. The van der Waals surface area contributed by atoms with Crippen LogP contribution in [0.1, 0.15) is 32.6 Å². The number of amides is 2. The number of hydrogen-bond donors (Lipinski definition) is 1. The second kappa shape index (κ2) is 10.0. The van der Waals surface area contributed by atoms with Gasteiger partial charge in [0.1, 0.15) is 5.75 Å². The maximum absolute atomic E-state index is 12.3. The summed E-state index contributed by atoms with van der Waals surface area (Å²) in [5.74, 6) is 0.296. The number of hydrogen-bond acceptors (Lipinski definition) is 4. The molecule has 138 valence electrons. The van der Waals surface area contributed by atoms with E-state index in [0.29, 0.717) is 25.4 Å². The van der Waals surface area contributed by atoms with Crippen LogP contribution in [0.2, 0.25) is 0 Å². The van der Waals surface area contributed by atoms with Crippen molar-refractivity contribution in [1.29, 1.82) is 0 Å². The third-order valence-electron chi connectivity index (χ3n) is 4.27. The third-order valence-corrected chi connectivity index (χ3v) is 4.27. The summed E-state index contributed by atoms with van der Waals surface area (Å²) >= 11 is 0. The van der Waals surface area contributed by atoms with E-state index in [1.54, 1.807) is 12.0 Å². The van der Waals surface area contributed by atoms with Crippen molar-refractivity contribution in [2.45, 2.75) is 32.6 Å². The highest BCUT2D eigenvalue weighted by Gasteiger charge is 2.35. The van der Waals surface area contributed by atoms with Crippen LogP contribution >= 0.6 is 0 Å². The van der Waals surface area contributed by atoms with Crippen molar-refractivity contribution in [3.63, 3.8) is 0 Å². The first-order valence-corrected chi connectivity index (χ1v) is 8.95. The first-order valence-electron chi connectivity index (χ1n) is 8.95. The number of rotatable bonds is 10. The summed E-state index contributed by atoms with van der Waals surface area (Å²) in [5.41, 5.74) is 0.768. The number of ether oxygens (including phenoxy) is 2. The molecule has 0 aliphatic carbocycles. The summed E-state index contributed by atoms with van der Waals surface area (Å²) in [7, 11) is 1.59. The van der Waals surface area contributed by atoms with Crippen LogP contribution in [0.25, 0.3) is 0 Å². The monoisotopic (exact) mass is 348 g/mol. The van der Waals surface area contributed by atoms with Gasteiger partial charge in [-0.2, -0.15) is 0 Å². The minimum Gasteiger partial charge on any atom is -0.497 e. The second-order valence-electron chi connectivity index (χ2n) is 6.22. The van der Waals surface area contributed by atoms with Gasteiger partial charge in [-0.15, -0.1) is 0 Å². The lowest BCUT2D eigenvalue weighted by molar-refractivity contribution is -0.126. The minimum atomic E-state index is -0.306. The highest BCUT2D eigenvalue weighted by molar-refractivity contribution is 6.00. The zero-order valence-corrected chi connectivity index (χ0v) is 15.1. The highest BCUT2D eigenvalue weighted by Crippen LogP contribution is 2.27. The molecular weight excluding hydrogens is 320 g/mol. The van der Waals surface area contributed by atoms with Crippen molar-refractivity contribution < 1.29 is 19.1 Å². The Morgan fingerprint density at radius 1 is 1.32 bits per heavy atom. The SMILES string of the molecule is CCCCOCCCNC(=O)C1CC(=O)N(c2cccc(OC)c2)C1. The molecule has 25 heavy (non-hydrogen) atoms. The predicted octanol–water partition coefficient (Wildman–Crippen LogP) is 2.37. The molecule has 2 amide bonds. The summed E-state index contributed by atoms with van der Waals surface area (Å²) in [6.45, 7) is 4.54. The molecular formula is C19H28N2O4. The zero-order chi connectivity index (χ0) is 18.1. The molecule has 1 aliphatic heterocycles. The first-order chi connectivity index (χ1) is 12.2. The van der Waals surface area contributed by atoms with Crippen molar-refractivity contribution in [3.05, 3.63) is 24.3 Å². The lowest BCUT2D eigenvalue weighted by Gasteiger charge is -2.17. The number of carbonyl (C=O) groups excluding carboxylic acids is 2.